The van der Waals surface area contributed by atoms with Gasteiger partial charge in [-0.15, -0.1) is 11.3 Å². The summed E-state index contributed by atoms with van der Waals surface area (Å²) < 4.78 is 5.22. The molecule has 0 radical (unpaired) electrons. The van der Waals surface area contributed by atoms with Gasteiger partial charge >= 0.3 is 5.97 Å². The lowest BCUT2D eigenvalue weighted by Gasteiger charge is -2.21. The molecule has 2 aromatic rings. The van der Waals surface area contributed by atoms with Crippen molar-refractivity contribution < 1.29 is 14.3 Å². The summed E-state index contributed by atoms with van der Waals surface area (Å²) in [4.78, 5) is 29.9. The summed E-state index contributed by atoms with van der Waals surface area (Å²) in [7, 11) is 1.70. The number of rotatable bonds is 6. The second-order valence-corrected chi connectivity index (χ2v) is 6.41. The van der Waals surface area contributed by atoms with Gasteiger partial charge < -0.3 is 9.64 Å². The maximum absolute atomic E-state index is 12.3. The minimum atomic E-state index is -0.809. The minimum absolute atomic E-state index is 0.0877. The van der Waals surface area contributed by atoms with Crippen LogP contribution in [0, 0.1) is 6.92 Å². The summed E-state index contributed by atoms with van der Waals surface area (Å²) in [5.74, 6) is -0.666. The zero-order valence-electron chi connectivity index (χ0n) is 13.5. The number of aryl methyl sites for hydroxylation is 1. The average Bonchev–Trinajstić information content (AvgIpc) is 2.92. The predicted octanol–water partition coefficient (Wildman–Crippen LogP) is 2.58. The number of amides is 1. The number of carbonyl (C=O) groups excluding carboxylic acids is 2. The van der Waals surface area contributed by atoms with Gasteiger partial charge in [-0.3, -0.25) is 9.59 Å². The van der Waals surface area contributed by atoms with Crippen molar-refractivity contribution in [3.05, 3.63) is 52.0 Å². The van der Waals surface area contributed by atoms with Gasteiger partial charge in [-0.25, -0.2) is 4.98 Å². The number of ether oxygens (including phenoxy) is 1. The average molecular weight is 332 g/mol. The number of aromatic nitrogens is 1. The van der Waals surface area contributed by atoms with Gasteiger partial charge in [0.05, 0.1) is 17.1 Å². The van der Waals surface area contributed by atoms with Crippen LogP contribution in [0.15, 0.2) is 35.7 Å². The van der Waals surface area contributed by atoms with Crippen molar-refractivity contribution in [3.8, 4) is 0 Å². The van der Waals surface area contributed by atoms with E-state index >= 15 is 0 Å². The van der Waals surface area contributed by atoms with Crippen molar-refractivity contribution >= 4 is 23.2 Å². The van der Waals surface area contributed by atoms with Crippen molar-refractivity contribution in [2.24, 2.45) is 0 Å². The fourth-order valence-corrected chi connectivity index (χ4v) is 2.78. The fraction of sp³-hybridized carbons (Fsp3) is 0.353. The van der Waals surface area contributed by atoms with Gasteiger partial charge in [0.2, 0.25) is 0 Å². The molecule has 6 heteroatoms. The van der Waals surface area contributed by atoms with E-state index in [-0.39, 0.29) is 12.3 Å². The van der Waals surface area contributed by atoms with E-state index in [1.54, 1.807) is 18.9 Å². The Labute approximate surface area is 139 Å². The zero-order chi connectivity index (χ0) is 16.8. The molecule has 2 rings (SSSR count). The quantitative estimate of drug-likeness (QED) is 0.763. The zero-order valence-corrected chi connectivity index (χ0v) is 14.3. The summed E-state index contributed by atoms with van der Waals surface area (Å²) in [6.07, 6.45) is -0.722. The molecule has 1 aromatic carbocycles. The Morgan fingerprint density at radius 2 is 2.00 bits per heavy atom. The van der Waals surface area contributed by atoms with E-state index in [0.717, 1.165) is 10.6 Å². The van der Waals surface area contributed by atoms with Crippen LogP contribution >= 0.6 is 11.3 Å². The Morgan fingerprint density at radius 3 is 2.61 bits per heavy atom. The second kappa shape index (κ2) is 7.87. The lowest BCUT2D eigenvalue weighted by atomic mass is 10.2. The Kier molecular flexibility index (Phi) is 5.87. The topological polar surface area (TPSA) is 59.5 Å². The van der Waals surface area contributed by atoms with E-state index in [2.05, 4.69) is 4.98 Å². The molecular formula is C17H20N2O3S. The molecule has 1 aromatic heterocycles. The number of benzene rings is 1. The largest absolute Gasteiger partial charge is 0.452 e. The third-order valence-electron chi connectivity index (χ3n) is 3.29. The molecule has 1 unspecified atom stereocenters. The maximum atomic E-state index is 12.3. The Hall–Kier alpha value is -2.21. The van der Waals surface area contributed by atoms with Crippen LogP contribution in [0.1, 0.15) is 23.2 Å². The molecule has 122 valence electrons. The SMILES string of the molecule is Cc1nc(CC(=O)OC(C)C(=O)N(C)Cc2ccccc2)cs1. The van der Waals surface area contributed by atoms with Crippen LogP contribution in [0.5, 0.6) is 0 Å². The standard InChI is InChI=1S/C17H20N2O3S/c1-12(22-16(20)9-15-11-23-13(2)18-15)17(21)19(3)10-14-7-5-4-6-8-14/h4-8,11-12H,9-10H2,1-3H3. The molecule has 0 bridgehead atoms. The summed E-state index contributed by atoms with van der Waals surface area (Å²) in [6, 6.07) is 9.67. The monoisotopic (exact) mass is 332 g/mol. The maximum Gasteiger partial charge on any atom is 0.312 e. The highest BCUT2D eigenvalue weighted by molar-refractivity contribution is 7.09. The van der Waals surface area contributed by atoms with Crippen molar-refractivity contribution in [1.82, 2.24) is 9.88 Å². The fourth-order valence-electron chi connectivity index (χ4n) is 2.17. The third kappa shape index (κ3) is 5.17. The first-order valence-electron chi connectivity index (χ1n) is 7.35. The van der Waals surface area contributed by atoms with Crippen molar-refractivity contribution in [3.63, 3.8) is 0 Å². The first-order valence-corrected chi connectivity index (χ1v) is 8.23. The van der Waals surface area contributed by atoms with Crippen LogP contribution < -0.4 is 0 Å². The summed E-state index contributed by atoms with van der Waals surface area (Å²) >= 11 is 1.48. The number of nitrogens with zero attached hydrogens (tertiary/aromatic N) is 2. The molecule has 0 spiro atoms. The lowest BCUT2D eigenvalue weighted by molar-refractivity contribution is -0.158. The molecule has 1 heterocycles. The molecule has 0 N–H and O–H groups in total. The Morgan fingerprint density at radius 1 is 1.30 bits per heavy atom. The van der Waals surface area contributed by atoms with E-state index in [4.69, 9.17) is 4.74 Å². The molecule has 23 heavy (non-hydrogen) atoms. The van der Waals surface area contributed by atoms with Gasteiger partial charge in [0.25, 0.3) is 5.91 Å². The van der Waals surface area contributed by atoms with Crippen LogP contribution in [0.25, 0.3) is 0 Å². The summed E-state index contributed by atoms with van der Waals surface area (Å²) in [5, 5.41) is 2.73. The summed E-state index contributed by atoms with van der Waals surface area (Å²) in [6.45, 7) is 3.95. The molecule has 0 fully saturated rings. The smallest absolute Gasteiger partial charge is 0.312 e. The van der Waals surface area contributed by atoms with Crippen LogP contribution in [-0.4, -0.2) is 34.9 Å². The minimum Gasteiger partial charge on any atom is -0.452 e. The molecule has 0 aliphatic carbocycles. The normalized spacial score (nSPS) is 11.8. The van der Waals surface area contributed by atoms with Crippen molar-refractivity contribution in [2.45, 2.75) is 32.9 Å². The summed E-state index contributed by atoms with van der Waals surface area (Å²) in [5.41, 5.74) is 1.70. The van der Waals surface area contributed by atoms with E-state index < -0.39 is 12.1 Å². The van der Waals surface area contributed by atoms with E-state index in [0.29, 0.717) is 12.2 Å². The highest BCUT2D eigenvalue weighted by Gasteiger charge is 2.22. The molecule has 0 aliphatic rings. The predicted molar refractivity (Wildman–Crippen MR) is 89.0 cm³/mol. The molecule has 5 nitrogen and oxygen atoms in total. The van der Waals surface area contributed by atoms with Gasteiger partial charge in [-0.1, -0.05) is 30.3 Å². The van der Waals surface area contributed by atoms with Crippen LogP contribution in [0.4, 0.5) is 0 Å². The molecular weight excluding hydrogens is 312 g/mol. The van der Waals surface area contributed by atoms with Gasteiger partial charge in [0.1, 0.15) is 0 Å². The highest BCUT2D eigenvalue weighted by atomic mass is 32.1. The number of hydrogen-bond donors (Lipinski definition) is 0. The number of carbonyl (C=O) groups is 2. The van der Waals surface area contributed by atoms with E-state index in [1.165, 1.54) is 11.3 Å². The van der Waals surface area contributed by atoms with Gasteiger partial charge in [-0.05, 0) is 19.4 Å². The number of thiazole rings is 1. The Bertz CT molecular complexity index is 669. The van der Waals surface area contributed by atoms with Crippen LogP contribution in [0.2, 0.25) is 0 Å². The van der Waals surface area contributed by atoms with Gasteiger partial charge in [-0.2, -0.15) is 0 Å². The molecule has 0 saturated carbocycles. The first kappa shape index (κ1) is 17.1. The highest BCUT2D eigenvalue weighted by Crippen LogP contribution is 2.10. The molecule has 0 saturated heterocycles. The van der Waals surface area contributed by atoms with Crippen molar-refractivity contribution in [1.29, 1.82) is 0 Å². The van der Waals surface area contributed by atoms with Crippen molar-refractivity contribution in [2.75, 3.05) is 7.05 Å². The third-order valence-corrected chi connectivity index (χ3v) is 4.11. The van der Waals surface area contributed by atoms with E-state index in [1.807, 2.05) is 42.6 Å². The molecule has 1 amide bonds. The number of likely N-dealkylation sites (N-methyl/N-ethyl adjacent to an activating group) is 1. The van der Waals surface area contributed by atoms with Crippen LogP contribution in [-0.2, 0) is 27.3 Å². The molecule has 0 aliphatic heterocycles. The lowest BCUT2D eigenvalue weighted by Crippen LogP contribution is -2.37. The second-order valence-electron chi connectivity index (χ2n) is 5.35. The van der Waals surface area contributed by atoms with Crippen LogP contribution in [0.3, 0.4) is 0 Å². The van der Waals surface area contributed by atoms with E-state index in [9.17, 15) is 9.59 Å². The Balaban J connectivity index is 1.85. The van der Waals surface area contributed by atoms with Gasteiger partial charge in [0, 0.05) is 19.0 Å². The number of esters is 1. The number of hydrogen-bond acceptors (Lipinski definition) is 5. The first-order chi connectivity index (χ1) is 11.0. The molecule has 1 atom stereocenters. The van der Waals surface area contributed by atoms with Gasteiger partial charge in [0.15, 0.2) is 6.10 Å².